The van der Waals surface area contributed by atoms with Crippen molar-refractivity contribution in [2.45, 2.75) is 6.18 Å². The molecule has 9 heteroatoms. The number of ether oxygens (including phenoxy) is 1. The van der Waals surface area contributed by atoms with E-state index in [-0.39, 0.29) is 17.2 Å². The Kier molecular flexibility index (Phi) is 4.93. The Morgan fingerprint density at radius 3 is 2.52 bits per heavy atom. The number of alkyl halides is 3. The molecule has 0 unspecified atom stereocenters. The summed E-state index contributed by atoms with van der Waals surface area (Å²) in [7, 11) is 1.45. The molecule has 2 heterocycles. The van der Waals surface area contributed by atoms with Gasteiger partial charge in [-0.05, 0) is 24.3 Å². The number of halogens is 5. The zero-order valence-electron chi connectivity index (χ0n) is 13.9. The first-order valence-electron chi connectivity index (χ1n) is 7.53. The van der Waals surface area contributed by atoms with E-state index in [1.54, 1.807) is 12.1 Å². The van der Waals surface area contributed by atoms with Crippen molar-refractivity contribution in [2.24, 2.45) is 4.99 Å². The van der Waals surface area contributed by atoms with Crippen LogP contribution in [0.4, 0.5) is 17.6 Å². The molecule has 0 atom stereocenters. The van der Waals surface area contributed by atoms with E-state index in [4.69, 9.17) is 16.3 Å². The number of aliphatic imine (C=N–C) groups is 1. The molecule has 27 heavy (non-hydrogen) atoms. The van der Waals surface area contributed by atoms with E-state index in [1.165, 1.54) is 19.4 Å². The maximum Gasteiger partial charge on any atom is 0.417 e. The van der Waals surface area contributed by atoms with Gasteiger partial charge in [0.2, 0.25) is 5.88 Å². The first-order chi connectivity index (χ1) is 12.7. The van der Waals surface area contributed by atoms with Gasteiger partial charge >= 0.3 is 6.18 Å². The van der Waals surface area contributed by atoms with Crippen LogP contribution in [0.25, 0.3) is 5.70 Å². The lowest BCUT2D eigenvalue weighted by molar-refractivity contribution is -0.137. The van der Waals surface area contributed by atoms with Crippen LogP contribution in [-0.4, -0.2) is 17.9 Å². The summed E-state index contributed by atoms with van der Waals surface area (Å²) in [6.07, 6.45) is -1.86. The van der Waals surface area contributed by atoms with Crippen LogP contribution < -0.4 is 10.1 Å². The van der Waals surface area contributed by atoms with Crippen molar-refractivity contribution in [3.8, 4) is 5.88 Å². The Morgan fingerprint density at radius 1 is 1.19 bits per heavy atom. The van der Waals surface area contributed by atoms with E-state index < -0.39 is 28.1 Å². The van der Waals surface area contributed by atoms with Gasteiger partial charge in [-0.1, -0.05) is 18.2 Å². The molecule has 1 N–H and O–H groups in total. The van der Waals surface area contributed by atoms with Crippen LogP contribution >= 0.6 is 11.6 Å². The van der Waals surface area contributed by atoms with Gasteiger partial charge in [0, 0.05) is 23.5 Å². The molecule has 0 amide bonds. The summed E-state index contributed by atoms with van der Waals surface area (Å²) in [5.74, 6) is -1.21. The third-order valence-corrected chi connectivity index (χ3v) is 3.99. The lowest BCUT2D eigenvalue weighted by atomic mass is 10.0. The number of aromatic nitrogens is 1. The topological polar surface area (TPSA) is 46.5 Å². The standard InChI is InChI=1S/C18H12ClF4N3O/c1-9-7-13(10-3-6-14(27-2)24-8-10)26-17(25-9)15-11(18(21,22)23)4-5-12(19)16(15)20/h3-8H,1H2,2H3,(H,25,26). The third kappa shape index (κ3) is 3.80. The maximum absolute atomic E-state index is 14.5. The van der Waals surface area contributed by atoms with Gasteiger partial charge in [0.15, 0.2) is 5.82 Å². The van der Waals surface area contributed by atoms with Gasteiger partial charge in [0.25, 0.3) is 0 Å². The third-order valence-electron chi connectivity index (χ3n) is 3.70. The molecule has 2 aromatic rings. The van der Waals surface area contributed by atoms with E-state index in [1.807, 2.05) is 0 Å². The van der Waals surface area contributed by atoms with E-state index >= 15 is 0 Å². The minimum Gasteiger partial charge on any atom is -0.481 e. The molecule has 0 radical (unpaired) electrons. The highest BCUT2D eigenvalue weighted by Gasteiger charge is 2.37. The van der Waals surface area contributed by atoms with Crippen LogP contribution in [-0.2, 0) is 6.18 Å². The number of methoxy groups -OCH3 is 1. The molecule has 0 fully saturated rings. The van der Waals surface area contributed by atoms with E-state index in [9.17, 15) is 17.6 Å². The second-order valence-electron chi connectivity index (χ2n) is 5.51. The second kappa shape index (κ2) is 7.03. The molecule has 4 nitrogen and oxygen atoms in total. The minimum atomic E-state index is -4.80. The molecule has 0 bridgehead atoms. The highest BCUT2D eigenvalue weighted by molar-refractivity contribution is 6.31. The van der Waals surface area contributed by atoms with Gasteiger partial charge in [-0.2, -0.15) is 13.2 Å². The van der Waals surface area contributed by atoms with Gasteiger partial charge in [-0.15, -0.1) is 0 Å². The number of nitrogens with one attached hydrogen (secondary N) is 1. The van der Waals surface area contributed by atoms with Crippen molar-refractivity contribution < 1.29 is 22.3 Å². The van der Waals surface area contributed by atoms with Crippen LogP contribution in [0.1, 0.15) is 16.7 Å². The molecule has 3 rings (SSSR count). The number of allylic oxidation sites excluding steroid dienone is 1. The number of rotatable bonds is 3. The Hall–Kier alpha value is -2.87. The fourth-order valence-electron chi connectivity index (χ4n) is 2.47. The average molecular weight is 398 g/mol. The predicted octanol–water partition coefficient (Wildman–Crippen LogP) is 4.81. The molecule has 140 valence electrons. The smallest absolute Gasteiger partial charge is 0.417 e. The van der Waals surface area contributed by atoms with Crippen molar-refractivity contribution in [2.75, 3.05) is 7.11 Å². The van der Waals surface area contributed by atoms with Crippen molar-refractivity contribution in [3.63, 3.8) is 0 Å². The largest absolute Gasteiger partial charge is 0.481 e. The van der Waals surface area contributed by atoms with Gasteiger partial charge in [0.1, 0.15) is 5.84 Å². The molecule has 1 aromatic carbocycles. The SMILES string of the molecule is C=C1C=C(c2ccc(OC)nc2)N=C(c2c(C(F)(F)F)ccc(Cl)c2F)N1. The number of hydrogen-bond donors (Lipinski definition) is 1. The van der Waals surface area contributed by atoms with Crippen LogP contribution in [0.5, 0.6) is 5.88 Å². The van der Waals surface area contributed by atoms with Crippen LogP contribution in [0.15, 0.2) is 53.8 Å². The summed E-state index contributed by atoms with van der Waals surface area (Å²) in [4.78, 5) is 8.16. The minimum absolute atomic E-state index is 0.235. The highest BCUT2D eigenvalue weighted by Crippen LogP contribution is 2.36. The first-order valence-corrected chi connectivity index (χ1v) is 7.91. The molecular weight excluding hydrogens is 386 g/mol. The highest BCUT2D eigenvalue weighted by atomic mass is 35.5. The van der Waals surface area contributed by atoms with Gasteiger partial charge in [-0.25, -0.2) is 14.4 Å². The normalized spacial score (nSPS) is 14.4. The van der Waals surface area contributed by atoms with Crippen LogP contribution in [0.3, 0.4) is 0 Å². The molecule has 1 aromatic heterocycles. The lowest BCUT2D eigenvalue weighted by Gasteiger charge is -2.21. The van der Waals surface area contributed by atoms with E-state index in [2.05, 4.69) is 21.9 Å². The molecule has 1 aliphatic rings. The first kappa shape index (κ1) is 18.9. The van der Waals surface area contributed by atoms with Gasteiger partial charge < -0.3 is 10.1 Å². The second-order valence-corrected chi connectivity index (χ2v) is 5.92. The zero-order valence-corrected chi connectivity index (χ0v) is 14.6. The number of amidine groups is 1. The van der Waals surface area contributed by atoms with Gasteiger partial charge in [-0.3, -0.25) is 0 Å². The Bertz CT molecular complexity index is 966. The average Bonchev–Trinajstić information content (AvgIpc) is 2.62. The van der Waals surface area contributed by atoms with E-state index in [0.29, 0.717) is 17.5 Å². The fraction of sp³-hybridized carbons (Fsp3) is 0.111. The Labute approximate surface area is 156 Å². The van der Waals surface area contributed by atoms with Crippen LogP contribution in [0.2, 0.25) is 5.02 Å². The van der Waals surface area contributed by atoms with Crippen molar-refractivity contribution in [3.05, 3.63) is 76.3 Å². The van der Waals surface area contributed by atoms with Crippen molar-refractivity contribution in [1.29, 1.82) is 0 Å². The zero-order chi connectivity index (χ0) is 19.8. The number of pyridine rings is 1. The molecule has 0 saturated carbocycles. The van der Waals surface area contributed by atoms with Crippen molar-refractivity contribution in [1.82, 2.24) is 10.3 Å². The molecular formula is C18H12ClF4N3O. The summed E-state index contributed by atoms with van der Waals surface area (Å²) >= 11 is 5.69. The summed E-state index contributed by atoms with van der Waals surface area (Å²) < 4.78 is 59.6. The van der Waals surface area contributed by atoms with Gasteiger partial charge in [0.05, 0.1) is 29.0 Å². The van der Waals surface area contributed by atoms with Crippen LogP contribution in [0, 0.1) is 5.82 Å². The Morgan fingerprint density at radius 2 is 1.93 bits per heavy atom. The summed E-state index contributed by atoms with van der Waals surface area (Å²) in [5.41, 5.74) is -0.984. The molecule has 0 saturated heterocycles. The monoisotopic (exact) mass is 397 g/mol. The molecule has 1 aliphatic heterocycles. The summed E-state index contributed by atoms with van der Waals surface area (Å²) in [6.45, 7) is 3.69. The summed E-state index contributed by atoms with van der Waals surface area (Å²) in [6, 6.07) is 4.75. The number of benzene rings is 1. The predicted molar refractivity (Wildman–Crippen MR) is 94.0 cm³/mol. The van der Waals surface area contributed by atoms with E-state index in [0.717, 1.165) is 6.07 Å². The fourth-order valence-corrected chi connectivity index (χ4v) is 2.63. The summed E-state index contributed by atoms with van der Waals surface area (Å²) in [5, 5.41) is 2.12. The number of hydrogen-bond acceptors (Lipinski definition) is 4. The number of nitrogens with zero attached hydrogens (tertiary/aromatic N) is 2. The quantitative estimate of drug-likeness (QED) is 0.756. The molecule has 0 aliphatic carbocycles. The lowest BCUT2D eigenvalue weighted by Crippen LogP contribution is -2.29. The Balaban J connectivity index is 2.14. The maximum atomic E-state index is 14.5. The van der Waals surface area contributed by atoms with Crippen molar-refractivity contribution >= 4 is 23.1 Å². The molecule has 0 spiro atoms.